The highest BCUT2D eigenvalue weighted by Crippen LogP contribution is 2.08. The largest absolute Gasteiger partial charge is 0.356 e. The lowest BCUT2D eigenvalue weighted by molar-refractivity contribution is -0.121. The summed E-state index contributed by atoms with van der Waals surface area (Å²) < 4.78 is 1.91. The van der Waals surface area contributed by atoms with Gasteiger partial charge in [-0.2, -0.15) is 5.10 Å². The molecule has 0 atom stereocenters. The molecule has 1 N–H and O–H groups in total. The molecule has 1 aromatic heterocycles. The lowest BCUT2D eigenvalue weighted by atomic mass is 10.1. The van der Waals surface area contributed by atoms with Gasteiger partial charge in [0.15, 0.2) is 0 Å². The SMILES string of the molecule is CCn1cc(CCC(=O)NCCc2ccccc2)c(C)n1. The minimum atomic E-state index is 0.106. The summed E-state index contributed by atoms with van der Waals surface area (Å²) in [5.41, 5.74) is 3.43. The Bertz CT molecular complexity index is 575. The number of aryl methyl sites for hydroxylation is 3. The minimum Gasteiger partial charge on any atom is -0.356 e. The van der Waals surface area contributed by atoms with Crippen molar-refractivity contribution in [3.63, 3.8) is 0 Å². The quantitative estimate of drug-likeness (QED) is 0.849. The fourth-order valence-electron chi connectivity index (χ4n) is 2.29. The molecule has 0 aliphatic rings. The van der Waals surface area contributed by atoms with Crippen LogP contribution in [0.3, 0.4) is 0 Å². The van der Waals surface area contributed by atoms with Gasteiger partial charge in [-0.1, -0.05) is 30.3 Å². The van der Waals surface area contributed by atoms with E-state index in [2.05, 4.69) is 29.5 Å². The summed E-state index contributed by atoms with van der Waals surface area (Å²) in [4.78, 5) is 11.9. The zero-order valence-electron chi connectivity index (χ0n) is 12.8. The van der Waals surface area contributed by atoms with Crippen molar-refractivity contribution in [2.24, 2.45) is 0 Å². The van der Waals surface area contributed by atoms with Crippen molar-refractivity contribution in [2.45, 2.75) is 39.7 Å². The molecule has 0 aliphatic heterocycles. The Morgan fingerprint density at radius 2 is 2.00 bits per heavy atom. The molecule has 21 heavy (non-hydrogen) atoms. The highest BCUT2D eigenvalue weighted by atomic mass is 16.1. The first-order valence-corrected chi connectivity index (χ1v) is 7.52. The summed E-state index contributed by atoms with van der Waals surface area (Å²) in [5.74, 6) is 0.106. The van der Waals surface area contributed by atoms with Crippen molar-refractivity contribution in [1.29, 1.82) is 0 Å². The maximum Gasteiger partial charge on any atom is 0.220 e. The number of carbonyl (C=O) groups excluding carboxylic acids is 1. The van der Waals surface area contributed by atoms with Crippen LogP contribution in [0.15, 0.2) is 36.5 Å². The summed E-state index contributed by atoms with van der Waals surface area (Å²) in [5, 5.41) is 7.37. The molecule has 0 bridgehead atoms. The number of nitrogens with zero attached hydrogens (tertiary/aromatic N) is 2. The summed E-state index contributed by atoms with van der Waals surface area (Å²) in [6.07, 6.45) is 4.18. The lowest BCUT2D eigenvalue weighted by Gasteiger charge is -2.05. The third-order valence-electron chi connectivity index (χ3n) is 3.57. The Hall–Kier alpha value is -2.10. The molecule has 0 aliphatic carbocycles. The molecule has 1 aromatic carbocycles. The molecule has 4 nitrogen and oxygen atoms in total. The maximum absolute atomic E-state index is 11.9. The average molecular weight is 285 g/mol. The van der Waals surface area contributed by atoms with Gasteiger partial charge in [0.2, 0.25) is 5.91 Å². The van der Waals surface area contributed by atoms with Crippen LogP contribution >= 0.6 is 0 Å². The Morgan fingerprint density at radius 3 is 2.67 bits per heavy atom. The van der Waals surface area contributed by atoms with E-state index in [9.17, 15) is 4.79 Å². The van der Waals surface area contributed by atoms with Gasteiger partial charge in [0, 0.05) is 25.7 Å². The van der Waals surface area contributed by atoms with Crippen LogP contribution in [0.4, 0.5) is 0 Å². The van der Waals surface area contributed by atoms with Gasteiger partial charge in [-0.25, -0.2) is 0 Å². The Labute approximate surface area is 126 Å². The molecule has 0 saturated carbocycles. The molecule has 0 fully saturated rings. The minimum absolute atomic E-state index is 0.106. The van der Waals surface area contributed by atoms with Gasteiger partial charge < -0.3 is 5.32 Å². The van der Waals surface area contributed by atoms with Gasteiger partial charge in [-0.3, -0.25) is 9.48 Å². The van der Waals surface area contributed by atoms with Gasteiger partial charge in [0.25, 0.3) is 0 Å². The van der Waals surface area contributed by atoms with E-state index in [1.54, 1.807) is 0 Å². The second kappa shape index (κ2) is 7.62. The second-order valence-corrected chi connectivity index (χ2v) is 5.18. The summed E-state index contributed by atoms with van der Waals surface area (Å²) in [6.45, 7) is 5.61. The van der Waals surface area contributed by atoms with Gasteiger partial charge in [0.1, 0.15) is 0 Å². The number of aromatic nitrogens is 2. The van der Waals surface area contributed by atoms with E-state index < -0.39 is 0 Å². The predicted octanol–water partition coefficient (Wildman–Crippen LogP) is 2.50. The third kappa shape index (κ3) is 4.74. The fourth-order valence-corrected chi connectivity index (χ4v) is 2.29. The zero-order valence-corrected chi connectivity index (χ0v) is 12.8. The molecule has 112 valence electrons. The molecule has 2 aromatic rings. The monoisotopic (exact) mass is 285 g/mol. The normalized spacial score (nSPS) is 10.6. The van der Waals surface area contributed by atoms with Crippen molar-refractivity contribution < 1.29 is 4.79 Å². The van der Waals surface area contributed by atoms with E-state index in [0.29, 0.717) is 13.0 Å². The fraction of sp³-hybridized carbons (Fsp3) is 0.412. The Balaban J connectivity index is 1.71. The average Bonchev–Trinajstić information content (AvgIpc) is 2.87. The third-order valence-corrected chi connectivity index (χ3v) is 3.57. The van der Waals surface area contributed by atoms with Crippen LogP contribution in [0.25, 0.3) is 0 Å². The number of amides is 1. The number of carbonyl (C=O) groups is 1. The Morgan fingerprint density at radius 1 is 1.24 bits per heavy atom. The summed E-state index contributed by atoms with van der Waals surface area (Å²) >= 11 is 0. The van der Waals surface area contributed by atoms with Gasteiger partial charge in [-0.15, -0.1) is 0 Å². The van der Waals surface area contributed by atoms with E-state index in [1.807, 2.05) is 36.0 Å². The van der Waals surface area contributed by atoms with E-state index >= 15 is 0 Å². The number of hydrogen-bond donors (Lipinski definition) is 1. The van der Waals surface area contributed by atoms with E-state index in [-0.39, 0.29) is 5.91 Å². The second-order valence-electron chi connectivity index (χ2n) is 5.18. The molecule has 1 amide bonds. The van der Waals surface area contributed by atoms with Crippen molar-refractivity contribution in [3.8, 4) is 0 Å². The maximum atomic E-state index is 11.9. The van der Waals surface area contributed by atoms with Crippen molar-refractivity contribution in [1.82, 2.24) is 15.1 Å². The van der Waals surface area contributed by atoms with E-state index in [1.165, 1.54) is 5.56 Å². The summed E-state index contributed by atoms with van der Waals surface area (Å²) in [7, 11) is 0. The first-order chi connectivity index (χ1) is 10.2. The van der Waals surface area contributed by atoms with Crippen LogP contribution in [0.5, 0.6) is 0 Å². The van der Waals surface area contributed by atoms with Gasteiger partial charge >= 0.3 is 0 Å². The first-order valence-electron chi connectivity index (χ1n) is 7.52. The molecular weight excluding hydrogens is 262 g/mol. The highest BCUT2D eigenvalue weighted by Gasteiger charge is 2.07. The topological polar surface area (TPSA) is 46.9 Å². The van der Waals surface area contributed by atoms with Crippen LogP contribution < -0.4 is 5.32 Å². The van der Waals surface area contributed by atoms with Crippen LogP contribution in [-0.4, -0.2) is 22.2 Å². The summed E-state index contributed by atoms with van der Waals surface area (Å²) in [6, 6.07) is 10.2. The molecule has 1 heterocycles. The molecule has 0 saturated heterocycles. The molecule has 4 heteroatoms. The van der Waals surface area contributed by atoms with E-state index in [0.717, 1.165) is 30.6 Å². The molecular formula is C17H23N3O. The van der Waals surface area contributed by atoms with Gasteiger partial charge in [0.05, 0.1) is 5.69 Å². The van der Waals surface area contributed by atoms with Crippen LogP contribution in [-0.2, 0) is 24.2 Å². The Kier molecular flexibility index (Phi) is 5.55. The number of hydrogen-bond acceptors (Lipinski definition) is 2. The first kappa shape index (κ1) is 15.3. The molecule has 2 rings (SSSR count). The van der Waals surface area contributed by atoms with Crippen molar-refractivity contribution >= 4 is 5.91 Å². The standard InChI is InChI=1S/C17H23N3O/c1-3-20-13-16(14(2)19-20)9-10-17(21)18-12-11-15-7-5-4-6-8-15/h4-8,13H,3,9-12H2,1-2H3,(H,18,21). The number of nitrogens with one attached hydrogen (secondary N) is 1. The number of benzene rings is 1. The molecule has 0 unspecified atom stereocenters. The van der Waals surface area contributed by atoms with Crippen molar-refractivity contribution in [3.05, 3.63) is 53.3 Å². The highest BCUT2D eigenvalue weighted by molar-refractivity contribution is 5.76. The lowest BCUT2D eigenvalue weighted by Crippen LogP contribution is -2.25. The predicted molar refractivity (Wildman–Crippen MR) is 84.1 cm³/mol. The zero-order chi connectivity index (χ0) is 15.1. The smallest absolute Gasteiger partial charge is 0.220 e. The van der Waals surface area contributed by atoms with Crippen molar-refractivity contribution in [2.75, 3.05) is 6.54 Å². The molecule has 0 spiro atoms. The number of rotatable bonds is 7. The van der Waals surface area contributed by atoms with Crippen LogP contribution in [0, 0.1) is 6.92 Å². The molecule has 0 radical (unpaired) electrons. The van der Waals surface area contributed by atoms with E-state index in [4.69, 9.17) is 0 Å². The van der Waals surface area contributed by atoms with Gasteiger partial charge in [-0.05, 0) is 37.8 Å². The van der Waals surface area contributed by atoms with Crippen LogP contribution in [0.2, 0.25) is 0 Å². The van der Waals surface area contributed by atoms with Crippen LogP contribution in [0.1, 0.15) is 30.2 Å².